The standard InChI is InChI=1S/C18H17ClN4O2/c19-17-7-16(4-1-12(17)8-20)25-15-5-2-14(3-6-15)23-18(24)13-9-21-11-22-10-13/h1,4,7,9-11,14-15H,2-3,5-6H2,(H,23,24). The van der Waals surface area contributed by atoms with Crippen LogP contribution in [0.25, 0.3) is 0 Å². The molecule has 0 aliphatic heterocycles. The molecule has 7 heteroatoms. The van der Waals surface area contributed by atoms with Gasteiger partial charge >= 0.3 is 0 Å². The van der Waals surface area contributed by atoms with E-state index in [2.05, 4.69) is 15.3 Å². The van der Waals surface area contributed by atoms with Crippen LogP contribution in [0.4, 0.5) is 0 Å². The lowest BCUT2D eigenvalue weighted by molar-refractivity contribution is 0.0893. The highest BCUT2D eigenvalue weighted by atomic mass is 35.5. The summed E-state index contributed by atoms with van der Waals surface area (Å²) >= 11 is 6.03. The summed E-state index contributed by atoms with van der Waals surface area (Å²) in [6, 6.07) is 7.24. The van der Waals surface area contributed by atoms with Gasteiger partial charge in [0.2, 0.25) is 0 Å². The zero-order valence-electron chi connectivity index (χ0n) is 13.5. The fourth-order valence-corrected chi connectivity index (χ4v) is 3.08. The number of carbonyl (C=O) groups excluding carboxylic acids is 1. The first-order valence-electron chi connectivity index (χ1n) is 8.08. The van der Waals surface area contributed by atoms with E-state index in [9.17, 15) is 4.79 Å². The van der Waals surface area contributed by atoms with Gasteiger partial charge in [-0.25, -0.2) is 9.97 Å². The van der Waals surface area contributed by atoms with Crippen molar-refractivity contribution in [2.45, 2.75) is 37.8 Å². The number of benzene rings is 1. The smallest absolute Gasteiger partial charge is 0.254 e. The van der Waals surface area contributed by atoms with Crippen LogP contribution < -0.4 is 10.1 Å². The summed E-state index contributed by atoms with van der Waals surface area (Å²) in [7, 11) is 0. The fraction of sp³-hybridized carbons (Fsp3) is 0.333. The van der Waals surface area contributed by atoms with Crippen molar-refractivity contribution in [3.63, 3.8) is 0 Å². The molecule has 1 aliphatic carbocycles. The van der Waals surface area contributed by atoms with E-state index in [1.807, 2.05) is 6.07 Å². The number of ether oxygens (including phenoxy) is 1. The summed E-state index contributed by atoms with van der Waals surface area (Å²) in [6.45, 7) is 0. The Bertz CT molecular complexity index is 783. The summed E-state index contributed by atoms with van der Waals surface area (Å²) in [5.41, 5.74) is 0.901. The van der Waals surface area contributed by atoms with Crippen molar-refractivity contribution < 1.29 is 9.53 Å². The Morgan fingerprint density at radius 1 is 1.24 bits per heavy atom. The van der Waals surface area contributed by atoms with E-state index >= 15 is 0 Å². The molecular weight excluding hydrogens is 340 g/mol. The van der Waals surface area contributed by atoms with Gasteiger partial charge in [-0.3, -0.25) is 4.79 Å². The topological polar surface area (TPSA) is 87.9 Å². The van der Waals surface area contributed by atoms with E-state index in [1.54, 1.807) is 18.2 Å². The van der Waals surface area contributed by atoms with E-state index in [1.165, 1.54) is 18.7 Å². The third kappa shape index (κ3) is 4.46. The molecule has 0 spiro atoms. The molecule has 0 unspecified atom stereocenters. The Labute approximate surface area is 150 Å². The molecule has 25 heavy (non-hydrogen) atoms. The van der Waals surface area contributed by atoms with Gasteiger partial charge in [0.05, 0.1) is 22.3 Å². The number of hydrogen-bond donors (Lipinski definition) is 1. The molecule has 1 amide bonds. The average Bonchev–Trinajstić information content (AvgIpc) is 2.64. The van der Waals surface area contributed by atoms with Crippen LogP contribution in [0.2, 0.25) is 5.02 Å². The first kappa shape index (κ1) is 17.2. The van der Waals surface area contributed by atoms with Crippen molar-refractivity contribution in [1.82, 2.24) is 15.3 Å². The number of nitrogens with one attached hydrogen (secondary N) is 1. The van der Waals surface area contributed by atoms with Gasteiger partial charge < -0.3 is 10.1 Å². The molecule has 0 bridgehead atoms. The minimum Gasteiger partial charge on any atom is -0.490 e. The molecule has 1 aromatic carbocycles. The first-order valence-corrected chi connectivity index (χ1v) is 8.45. The predicted molar refractivity (Wildman–Crippen MR) is 92.3 cm³/mol. The lowest BCUT2D eigenvalue weighted by Gasteiger charge is -2.29. The molecule has 0 radical (unpaired) electrons. The van der Waals surface area contributed by atoms with Crippen LogP contribution in [0, 0.1) is 11.3 Å². The zero-order chi connectivity index (χ0) is 17.6. The monoisotopic (exact) mass is 356 g/mol. The van der Waals surface area contributed by atoms with Crippen molar-refractivity contribution in [2.75, 3.05) is 0 Å². The number of halogens is 1. The van der Waals surface area contributed by atoms with Gasteiger partial charge in [-0.2, -0.15) is 5.26 Å². The molecule has 1 aliphatic rings. The van der Waals surface area contributed by atoms with Crippen LogP contribution in [-0.2, 0) is 0 Å². The van der Waals surface area contributed by atoms with Crippen LogP contribution in [0.3, 0.4) is 0 Å². The van der Waals surface area contributed by atoms with E-state index in [4.69, 9.17) is 21.6 Å². The van der Waals surface area contributed by atoms with Crippen molar-refractivity contribution in [3.05, 3.63) is 53.1 Å². The highest BCUT2D eigenvalue weighted by Crippen LogP contribution is 2.27. The third-order valence-corrected chi connectivity index (χ3v) is 4.51. The number of hydrogen-bond acceptors (Lipinski definition) is 5. The molecule has 2 aromatic rings. The Morgan fingerprint density at radius 3 is 2.60 bits per heavy atom. The Hall–Kier alpha value is -2.65. The molecule has 1 saturated carbocycles. The molecule has 128 valence electrons. The van der Waals surface area contributed by atoms with Crippen molar-refractivity contribution in [1.29, 1.82) is 5.26 Å². The largest absolute Gasteiger partial charge is 0.490 e. The quantitative estimate of drug-likeness (QED) is 0.909. The van der Waals surface area contributed by atoms with E-state index in [0.29, 0.717) is 21.9 Å². The van der Waals surface area contributed by atoms with E-state index in [0.717, 1.165) is 25.7 Å². The summed E-state index contributed by atoms with van der Waals surface area (Å²) in [5.74, 6) is 0.516. The second-order valence-corrected chi connectivity index (χ2v) is 6.35. The summed E-state index contributed by atoms with van der Waals surface area (Å²) in [4.78, 5) is 19.8. The first-order chi connectivity index (χ1) is 12.2. The summed E-state index contributed by atoms with van der Waals surface area (Å²) in [6.07, 6.45) is 7.85. The number of nitriles is 1. The maximum Gasteiger partial charge on any atom is 0.254 e. The van der Waals surface area contributed by atoms with Crippen LogP contribution in [0.5, 0.6) is 5.75 Å². The Kier molecular flexibility index (Phi) is 5.46. The van der Waals surface area contributed by atoms with Gasteiger partial charge in [0.15, 0.2) is 0 Å². The lowest BCUT2D eigenvalue weighted by atomic mass is 9.92. The van der Waals surface area contributed by atoms with Gasteiger partial charge in [-0.05, 0) is 37.8 Å². The van der Waals surface area contributed by atoms with Gasteiger partial charge in [0.25, 0.3) is 5.91 Å². The highest BCUT2D eigenvalue weighted by molar-refractivity contribution is 6.31. The van der Waals surface area contributed by atoms with Gasteiger partial charge in [0, 0.05) is 24.5 Å². The summed E-state index contributed by atoms with van der Waals surface area (Å²) < 4.78 is 5.95. The second kappa shape index (κ2) is 7.95. The molecule has 1 heterocycles. The SMILES string of the molecule is N#Cc1ccc(OC2CCC(NC(=O)c3cncnc3)CC2)cc1Cl. The number of nitrogens with zero attached hydrogens (tertiary/aromatic N) is 3. The van der Waals surface area contributed by atoms with Crippen LogP contribution in [0.1, 0.15) is 41.6 Å². The number of carbonyl (C=O) groups is 1. The maximum absolute atomic E-state index is 12.1. The maximum atomic E-state index is 12.1. The molecule has 1 N–H and O–H groups in total. The van der Waals surface area contributed by atoms with Crippen molar-refractivity contribution in [3.8, 4) is 11.8 Å². The summed E-state index contributed by atoms with van der Waals surface area (Å²) in [5, 5.41) is 12.3. The van der Waals surface area contributed by atoms with Gasteiger partial charge in [-0.1, -0.05) is 11.6 Å². The molecule has 6 nitrogen and oxygen atoms in total. The lowest BCUT2D eigenvalue weighted by Crippen LogP contribution is -2.39. The fourth-order valence-electron chi connectivity index (χ4n) is 2.86. The molecule has 0 saturated heterocycles. The minimum absolute atomic E-state index is 0.0808. The van der Waals surface area contributed by atoms with Crippen LogP contribution in [-0.4, -0.2) is 28.0 Å². The molecule has 0 atom stereocenters. The Morgan fingerprint density at radius 2 is 1.96 bits per heavy atom. The number of aromatic nitrogens is 2. The average molecular weight is 357 g/mol. The minimum atomic E-state index is -0.149. The van der Waals surface area contributed by atoms with Crippen LogP contribution in [0.15, 0.2) is 36.9 Å². The predicted octanol–water partition coefficient (Wildman–Crippen LogP) is 3.12. The van der Waals surface area contributed by atoms with Crippen LogP contribution >= 0.6 is 11.6 Å². The molecular formula is C18H17ClN4O2. The van der Waals surface area contributed by atoms with E-state index < -0.39 is 0 Å². The number of amides is 1. The highest BCUT2D eigenvalue weighted by Gasteiger charge is 2.24. The van der Waals surface area contributed by atoms with Crippen molar-refractivity contribution in [2.24, 2.45) is 0 Å². The second-order valence-electron chi connectivity index (χ2n) is 5.95. The van der Waals surface area contributed by atoms with Crippen molar-refractivity contribution >= 4 is 17.5 Å². The normalized spacial score (nSPS) is 19.7. The molecule has 3 rings (SSSR count). The van der Waals surface area contributed by atoms with Gasteiger partial charge in [0.1, 0.15) is 18.1 Å². The third-order valence-electron chi connectivity index (χ3n) is 4.20. The molecule has 1 aromatic heterocycles. The molecule has 1 fully saturated rings. The van der Waals surface area contributed by atoms with Gasteiger partial charge in [-0.15, -0.1) is 0 Å². The number of rotatable bonds is 4. The Balaban J connectivity index is 1.50. The van der Waals surface area contributed by atoms with E-state index in [-0.39, 0.29) is 18.1 Å². The zero-order valence-corrected chi connectivity index (χ0v) is 14.2.